The fourth-order valence-electron chi connectivity index (χ4n) is 5.81. The van der Waals surface area contributed by atoms with E-state index in [1.165, 1.54) is 6.07 Å². The van der Waals surface area contributed by atoms with Gasteiger partial charge >= 0.3 is 0 Å². The third-order valence-electron chi connectivity index (χ3n) is 7.91. The summed E-state index contributed by atoms with van der Waals surface area (Å²) in [6.45, 7) is 0.592. The molecule has 0 radical (unpaired) electrons. The molecule has 2 aliphatic carbocycles. The average Bonchev–Trinajstić information content (AvgIpc) is 3.71. The SMILES string of the molecule is O=C(NS(=O)(=O)C1CC1)c1cc(C2CC2)c(CN2[C@@H]3CC[C@H]2CC(Oc2cc(Cl)cc(Cl)n2)C3)cc1F. The van der Waals surface area contributed by atoms with E-state index in [9.17, 15) is 13.2 Å². The predicted octanol–water partition coefficient (Wildman–Crippen LogP) is 5.20. The van der Waals surface area contributed by atoms with Gasteiger partial charge in [-0.1, -0.05) is 23.2 Å². The number of sulfonamides is 1. The highest BCUT2D eigenvalue weighted by Gasteiger charge is 2.43. The molecule has 4 fully saturated rings. The molecule has 1 amide bonds. The topological polar surface area (TPSA) is 88.6 Å². The van der Waals surface area contributed by atoms with Gasteiger partial charge < -0.3 is 4.74 Å². The van der Waals surface area contributed by atoms with Crippen molar-refractivity contribution in [1.82, 2.24) is 14.6 Å². The van der Waals surface area contributed by atoms with Crippen molar-refractivity contribution in [3.05, 3.63) is 56.9 Å². The van der Waals surface area contributed by atoms with Crippen molar-refractivity contribution in [2.24, 2.45) is 0 Å². The van der Waals surface area contributed by atoms with E-state index in [0.717, 1.165) is 49.7 Å². The summed E-state index contributed by atoms with van der Waals surface area (Å²) >= 11 is 12.1. The van der Waals surface area contributed by atoms with Gasteiger partial charge in [-0.2, -0.15) is 0 Å². The van der Waals surface area contributed by atoms with Crippen LogP contribution in [0.4, 0.5) is 4.39 Å². The number of nitrogens with one attached hydrogen (secondary N) is 1. The van der Waals surface area contributed by atoms with E-state index in [1.54, 1.807) is 18.2 Å². The lowest BCUT2D eigenvalue weighted by molar-refractivity contribution is 0.0420. The Morgan fingerprint density at radius 1 is 1.05 bits per heavy atom. The molecule has 7 nitrogen and oxygen atoms in total. The van der Waals surface area contributed by atoms with Crippen molar-refractivity contribution in [1.29, 1.82) is 0 Å². The first-order chi connectivity index (χ1) is 17.7. The van der Waals surface area contributed by atoms with E-state index >= 15 is 4.39 Å². The molecule has 1 aromatic heterocycles. The number of carbonyl (C=O) groups is 1. The minimum absolute atomic E-state index is 0.00471. The Morgan fingerprint density at radius 3 is 2.38 bits per heavy atom. The lowest BCUT2D eigenvalue weighted by Gasteiger charge is -2.39. The number of pyridine rings is 1. The molecule has 198 valence electrons. The van der Waals surface area contributed by atoms with Crippen LogP contribution in [0.2, 0.25) is 10.2 Å². The predicted molar refractivity (Wildman–Crippen MR) is 138 cm³/mol. The zero-order chi connectivity index (χ0) is 25.9. The third-order valence-corrected chi connectivity index (χ3v) is 10.1. The Bertz CT molecular complexity index is 1320. The Balaban J connectivity index is 1.18. The van der Waals surface area contributed by atoms with E-state index in [1.807, 2.05) is 0 Å². The molecule has 0 spiro atoms. The summed E-state index contributed by atoms with van der Waals surface area (Å²) in [4.78, 5) is 19.3. The second-order valence-electron chi connectivity index (χ2n) is 10.7. The van der Waals surface area contributed by atoms with Crippen molar-refractivity contribution in [2.75, 3.05) is 0 Å². The summed E-state index contributed by atoms with van der Waals surface area (Å²) in [5, 5.41) is 0.225. The normalized spacial score (nSPS) is 25.8. The lowest BCUT2D eigenvalue weighted by atomic mass is 9.95. The van der Waals surface area contributed by atoms with E-state index in [0.29, 0.717) is 47.5 Å². The van der Waals surface area contributed by atoms with Crippen LogP contribution in [-0.4, -0.2) is 47.6 Å². The Hall–Kier alpha value is -1.94. The maximum Gasteiger partial charge on any atom is 0.267 e. The number of hydrogen-bond acceptors (Lipinski definition) is 6. The molecule has 2 saturated carbocycles. The van der Waals surface area contributed by atoms with Gasteiger partial charge in [0.25, 0.3) is 5.91 Å². The third kappa shape index (κ3) is 5.46. The average molecular weight is 568 g/mol. The Morgan fingerprint density at radius 2 is 1.76 bits per heavy atom. The molecule has 2 bridgehead atoms. The van der Waals surface area contributed by atoms with E-state index < -0.39 is 27.0 Å². The van der Waals surface area contributed by atoms with Crippen LogP contribution in [0.1, 0.15) is 78.8 Å². The van der Waals surface area contributed by atoms with Gasteiger partial charge in [-0.15, -0.1) is 0 Å². The van der Waals surface area contributed by atoms with E-state index in [-0.39, 0.29) is 17.6 Å². The zero-order valence-corrected chi connectivity index (χ0v) is 22.5. The monoisotopic (exact) mass is 567 g/mol. The van der Waals surface area contributed by atoms with Crippen molar-refractivity contribution < 1.29 is 22.3 Å². The van der Waals surface area contributed by atoms with Crippen LogP contribution in [0.15, 0.2) is 24.3 Å². The number of fused-ring (bicyclic) bond motifs is 2. The Labute approximate surface area is 225 Å². The molecule has 2 aliphatic heterocycles. The van der Waals surface area contributed by atoms with Gasteiger partial charge in [-0.05, 0) is 86.6 Å². The molecule has 2 aromatic rings. The van der Waals surface area contributed by atoms with E-state index in [4.69, 9.17) is 27.9 Å². The highest BCUT2D eigenvalue weighted by atomic mass is 35.5. The molecule has 11 heteroatoms. The second kappa shape index (κ2) is 9.67. The minimum Gasteiger partial charge on any atom is -0.474 e. The molecule has 1 N–H and O–H groups in total. The lowest BCUT2D eigenvalue weighted by Crippen LogP contribution is -2.46. The largest absolute Gasteiger partial charge is 0.474 e. The highest BCUT2D eigenvalue weighted by molar-refractivity contribution is 7.91. The molecule has 3 heterocycles. The first kappa shape index (κ1) is 25.3. The smallest absolute Gasteiger partial charge is 0.267 e. The summed E-state index contributed by atoms with van der Waals surface area (Å²) in [5.74, 6) is -0.867. The standard InChI is InChI=1S/C26H28Cl2FN3O4S/c27-16-8-24(28)30-25(9-16)36-19-10-17-3-4-18(11-19)32(17)13-15-7-23(29)22(12-21(15)14-1-2-14)26(33)31-37(34,35)20-5-6-20/h7-9,12,14,17-20H,1-6,10-11,13H2,(H,31,33)/t17-,18+,19?. The van der Waals surface area contributed by atoms with Gasteiger partial charge in [-0.3, -0.25) is 9.69 Å². The van der Waals surface area contributed by atoms with Crippen LogP contribution in [0.5, 0.6) is 5.88 Å². The number of aromatic nitrogens is 1. The highest BCUT2D eigenvalue weighted by Crippen LogP contribution is 2.45. The van der Waals surface area contributed by atoms with Crippen LogP contribution < -0.4 is 9.46 Å². The zero-order valence-electron chi connectivity index (χ0n) is 20.1. The van der Waals surface area contributed by atoms with Gasteiger partial charge in [0.05, 0.1) is 10.8 Å². The fourth-order valence-corrected chi connectivity index (χ4v) is 7.56. The molecule has 6 rings (SSSR count). The fraction of sp³-hybridized carbons (Fsp3) is 0.538. The number of hydrogen-bond donors (Lipinski definition) is 1. The maximum absolute atomic E-state index is 15.2. The minimum atomic E-state index is -3.75. The summed E-state index contributed by atoms with van der Waals surface area (Å²) in [5.41, 5.74) is 1.63. The van der Waals surface area contributed by atoms with Crippen molar-refractivity contribution >= 4 is 39.1 Å². The number of piperidine rings is 1. The Kier molecular flexibility index (Phi) is 6.62. The number of amides is 1. The quantitative estimate of drug-likeness (QED) is 0.441. The summed E-state index contributed by atoms with van der Waals surface area (Å²) in [6.07, 6.45) is 6.75. The first-order valence-corrected chi connectivity index (χ1v) is 15.1. The molecule has 1 unspecified atom stereocenters. The number of benzene rings is 1. The van der Waals surface area contributed by atoms with E-state index in [2.05, 4.69) is 14.6 Å². The van der Waals surface area contributed by atoms with Crippen LogP contribution >= 0.6 is 23.2 Å². The molecular weight excluding hydrogens is 540 g/mol. The second-order valence-corrected chi connectivity index (χ2v) is 13.5. The van der Waals surface area contributed by atoms with Crippen molar-refractivity contribution in [3.63, 3.8) is 0 Å². The number of nitrogens with zero attached hydrogens (tertiary/aromatic N) is 2. The number of carbonyl (C=O) groups excluding carboxylic acids is 1. The van der Waals surface area contributed by atoms with Crippen LogP contribution in [0.25, 0.3) is 0 Å². The molecular formula is C26H28Cl2FN3O4S. The number of rotatable bonds is 8. The molecule has 1 aromatic carbocycles. The molecule has 3 atom stereocenters. The first-order valence-electron chi connectivity index (χ1n) is 12.8. The number of ether oxygens (including phenoxy) is 1. The van der Waals surface area contributed by atoms with Crippen LogP contribution in [0, 0.1) is 5.82 Å². The van der Waals surface area contributed by atoms with Gasteiger partial charge in [0.2, 0.25) is 15.9 Å². The van der Waals surface area contributed by atoms with Crippen LogP contribution in [-0.2, 0) is 16.6 Å². The number of halogens is 3. The van der Waals surface area contributed by atoms with Crippen LogP contribution in [0.3, 0.4) is 0 Å². The summed E-state index contributed by atoms with van der Waals surface area (Å²) in [6, 6.07) is 6.83. The van der Waals surface area contributed by atoms with Crippen molar-refractivity contribution in [3.8, 4) is 5.88 Å². The van der Waals surface area contributed by atoms with Gasteiger partial charge in [-0.25, -0.2) is 22.5 Å². The van der Waals surface area contributed by atoms with Crippen molar-refractivity contribution in [2.45, 2.75) is 87.3 Å². The van der Waals surface area contributed by atoms with Gasteiger partial charge in [0.15, 0.2) is 0 Å². The summed E-state index contributed by atoms with van der Waals surface area (Å²) < 4.78 is 47.8. The molecule has 4 aliphatic rings. The van der Waals surface area contributed by atoms with Gasteiger partial charge in [0.1, 0.15) is 17.1 Å². The summed E-state index contributed by atoms with van der Waals surface area (Å²) in [7, 11) is -3.75. The molecule has 37 heavy (non-hydrogen) atoms. The maximum atomic E-state index is 15.2. The van der Waals surface area contributed by atoms with Gasteiger partial charge in [0, 0.05) is 29.7 Å². The molecule has 2 saturated heterocycles.